The predicted octanol–water partition coefficient (Wildman–Crippen LogP) is 5.63. The van der Waals surface area contributed by atoms with Crippen molar-refractivity contribution in [2.75, 3.05) is 6.54 Å². The van der Waals surface area contributed by atoms with Gasteiger partial charge in [0.15, 0.2) is 0 Å². The molecule has 0 bridgehead atoms. The standard InChI is InChI=1S/C23H22BrNO2/c24-20-13-4-3-11-19(20)22(25-15-6-5-14-21(25)23(26)27)18-12-7-9-16-8-1-2-10-17(16)18/h1-4,7-13,21-22H,5-6,14-15H2,(H,26,27). The number of hydrogen-bond acceptors (Lipinski definition) is 2. The number of hydrogen-bond donors (Lipinski definition) is 1. The Balaban J connectivity index is 1.93. The number of halogens is 1. The van der Waals surface area contributed by atoms with Crippen LogP contribution in [0.3, 0.4) is 0 Å². The van der Waals surface area contributed by atoms with E-state index >= 15 is 0 Å². The molecule has 3 aromatic carbocycles. The average molecular weight is 424 g/mol. The van der Waals surface area contributed by atoms with Crippen LogP contribution in [0.2, 0.25) is 0 Å². The number of nitrogens with zero attached hydrogens (tertiary/aromatic N) is 1. The van der Waals surface area contributed by atoms with E-state index in [-0.39, 0.29) is 6.04 Å². The van der Waals surface area contributed by atoms with Gasteiger partial charge in [-0.15, -0.1) is 0 Å². The summed E-state index contributed by atoms with van der Waals surface area (Å²) in [5.41, 5.74) is 2.27. The van der Waals surface area contributed by atoms with Gasteiger partial charge < -0.3 is 5.11 Å². The van der Waals surface area contributed by atoms with E-state index in [0.29, 0.717) is 6.42 Å². The number of carboxylic acid groups (broad SMARTS) is 1. The first-order valence-electron chi connectivity index (χ1n) is 9.37. The summed E-state index contributed by atoms with van der Waals surface area (Å²) in [5, 5.41) is 12.2. The second kappa shape index (κ2) is 7.83. The van der Waals surface area contributed by atoms with E-state index in [0.717, 1.165) is 35.0 Å². The van der Waals surface area contributed by atoms with E-state index in [4.69, 9.17) is 0 Å². The lowest BCUT2D eigenvalue weighted by molar-refractivity contribution is -0.145. The second-order valence-corrected chi connectivity index (χ2v) is 7.93. The summed E-state index contributed by atoms with van der Waals surface area (Å²) >= 11 is 3.71. The molecule has 1 aliphatic heterocycles. The first-order valence-corrected chi connectivity index (χ1v) is 10.2. The molecule has 27 heavy (non-hydrogen) atoms. The van der Waals surface area contributed by atoms with E-state index in [2.05, 4.69) is 57.2 Å². The molecule has 1 fully saturated rings. The molecule has 3 aromatic rings. The van der Waals surface area contributed by atoms with Crippen LogP contribution >= 0.6 is 15.9 Å². The SMILES string of the molecule is O=C(O)C1CCCCN1C(c1ccccc1Br)c1cccc2ccccc12. The van der Waals surface area contributed by atoms with Gasteiger partial charge in [0.25, 0.3) is 0 Å². The quantitative estimate of drug-likeness (QED) is 0.590. The minimum Gasteiger partial charge on any atom is -0.480 e. The number of aliphatic carboxylic acids is 1. The number of piperidine rings is 1. The highest BCUT2D eigenvalue weighted by atomic mass is 79.9. The molecule has 0 aliphatic carbocycles. The molecular weight excluding hydrogens is 402 g/mol. The summed E-state index contributed by atoms with van der Waals surface area (Å²) in [5.74, 6) is -0.730. The van der Waals surface area contributed by atoms with E-state index in [1.54, 1.807) is 0 Å². The van der Waals surface area contributed by atoms with Crippen molar-refractivity contribution in [3.05, 3.63) is 82.3 Å². The van der Waals surface area contributed by atoms with Crippen LogP contribution in [-0.4, -0.2) is 28.6 Å². The molecule has 1 N–H and O–H groups in total. The normalized spacial score (nSPS) is 19.1. The van der Waals surface area contributed by atoms with Gasteiger partial charge in [0.2, 0.25) is 0 Å². The van der Waals surface area contributed by atoms with Crippen molar-refractivity contribution >= 4 is 32.7 Å². The number of rotatable bonds is 4. The summed E-state index contributed by atoms with van der Waals surface area (Å²) in [7, 11) is 0. The van der Waals surface area contributed by atoms with Crippen molar-refractivity contribution in [3.63, 3.8) is 0 Å². The molecular formula is C23H22BrNO2. The second-order valence-electron chi connectivity index (χ2n) is 7.08. The van der Waals surface area contributed by atoms with Crippen LogP contribution in [0.5, 0.6) is 0 Å². The Kier molecular flexibility index (Phi) is 5.28. The number of likely N-dealkylation sites (tertiary alicyclic amines) is 1. The van der Waals surface area contributed by atoms with E-state index in [9.17, 15) is 9.90 Å². The highest BCUT2D eigenvalue weighted by Crippen LogP contribution is 2.40. The Morgan fingerprint density at radius 1 is 0.963 bits per heavy atom. The van der Waals surface area contributed by atoms with Gasteiger partial charge in [0.1, 0.15) is 6.04 Å². The number of carboxylic acids is 1. The first-order chi connectivity index (χ1) is 13.2. The lowest BCUT2D eigenvalue weighted by atomic mass is 9.89. The monoisotopic (exact) mass is 423 g/mol. The fourth-order valence-corrected chi connectivity index (χ4v) is 4.74. The van der Waals surface area contributed by atoms with Crippen LogP contribution in [0.1, 0.15) is 36.4 Å². The predicted molar refractivity (Wildman–Crippen MR) is 112 cm³/mol. The number of fused-ring (bicyclic) bond motifs is 1. The zero-order chi connectivity index (χ0) is 18.8. The van der Waals surface area contributed by atoms with Gasteiger partial charge >= 0.3 is 5.97 Å². The van der Waals surface area contributed by atoms with Gasteiger partial charge in [-0.25, -0.2) is 0 Å². The van der Waals surface area contributed by atoms with Gasteiger partial charge in [0.05, 0.1) is 6.04 Å². The van der Waals surface area contributed by atoms with Gasteiger partial charge in [-0.05, 0) is 47.4 Å². The van der Waals surface area contributed by atoms with Crippen molar-refractivity contribution in [1.29, 1.82) is 0 Å². The highest BCUT2D eigenvalue weighted by Gasteiger charge is 2.36. The van der Waals surface area contributed by atoms with Crippen LogP contribution < -0.4 is 0 Å². The molecule has 0 saturated carbocycles. The molecule has 4 rings (SSSR count). The lowest BCUT2D eigenvalue weighted by Crippen LogP contribution is -2.47. The van der Waals surface area contributed by atoms with Crippen molar-refractivity contribution < 1.29 is 9.90 Å². The summed E-state index contributed by atoms with van der Waals surface area (Å²) < 4.78 is 1.01. The zero-order valence-electron chi connectivity index (χ0n) is 15.0. The van der Waals surface area contributed by atoms with E-state index in [1.165, 1.54) is 10.8 Å². The van der Waals surface area contributed by atoms with Gasteiger partial charge in [0, 0.05) is 4.47 Å². The Morgan fingerprint density at radius 3 is 2.48 bits per heavy atom. The van der Waals surface area contributed by atoms with Crippen LogP contribution in [0.15, 0.2) is 71.2 Å². The third-order valence-electron chi connectivity index (χ3n) is 5.48. The van der Waals surface area contributed by atoms with Crippen molar-refractivity contribution in [3.8, 4) is 0 Å². The molecule has 0 amide bonds. The van der Waals surface area contributed by atoms with Crippen molar-refractivity contribution in [1.82, 2.24) is 4.90 Å². The Bertz CT molecular complexity index is 966. The van der Waals surface area contributed by atoms with Gasteiger partial charge in [-0.2, -0.15) is 0 Å². The first kappa shape index (κ1) is 18.2. The lowest BCUT2D eigenvalue weighted by Gasteiger charge is -2.40. The molecule has 1 aliphatic rings. The maximum atomic E-state index is 12.0. The van der Waals surface area contributed by atoms with Gasteiger partial charge in [-0.1, -0.05) is 83.0 Å². The Hall–Kier alpha value is -2.17. The molecule has 0 aromatic heterocycles. The van der Waals surface area contributed by atoms with E-state index in [1.807, 2.05) is 30.3 Å². The minimum absolute atomic E-state index is 0.104. The number of carbonyl (C=O) groups is 1. The third kappa shape index (κ3) is 3.52. The fourth-order valence-electron chi connectivity index (χ4n) is 4.24. The summed E-state index contributed by atoms with van der Waals surface area (Å²) in [6.45, 7) is 0.784. The third-order valence-corrected chi connectivity index (χ3v) is 6.20. The van der Waals surface area contributed by atoms with E-state index < -0.39 is 12.0 Å². The van der Waals surface area contributed by atoms with Crippen LogP contribution in [0.25, 0.3) is 10.8 Å². The maximum Gasteiger partial charge on any atom is 0.320 e. The number of benzene rings is 3. The topological polar surface area (TPSA) is 40.5 Å². The minimum atomic E-state index is -0.730. The maximum absolute atomic E-state index is 12.0. The smallest absolute Gasteiger partial charge is 0.320 e. The zero-order valence-corrected chi connectivity index (χ0v) is 16.6. The summed E-state index contributed by atoms with van der Waals surface area (Å²) in [4.78, 5) is 14.2. The summed E-state index contributed by atoms with van der Waals surface area (Å²) in [6.07, 6.45) is 2.68. The largest absolute Gasteiger partial charge is 0.480 e. The molecule has 4 heteroatoms. The van der Waals surface area contributed by atoms with Crippen LogP contribution in [0.4, 0.5) is 0 Å². The fraction of sp³-hybridized carbons (Fsp3) is 0.261. The molecule has 1 heterocycles. The Morgan fingerprint density at radius 2 is 1.67 bits per heavy atom. The van der Waals surface area contributed by atoms with Crippen molar-refractivity contribution in [2.24, 2.45) is 0 Å². The molecule has 138 valence electrons. The summed E-state index contributed by atoms with van der Waals surface area (Å²) in [6, 6.07) is 22.3. The molecule has 2 atom stereocenters. The molecule has 0 spiro atoms. The molecule has 1 saturated heterocycles. The molecule has 0 radical (unpaired) electrons. The molecule has 2 unspecified atom stereocenters. The highest BCUT2D eigenvalue weighted by molar-refractivity contribution is 9.10. The average Bonchev–Trinajstić information content (AvgIpc) is 2.70. The van der Waals surface area contributed by atoms with Gasteiger partial charge in [-0.3, -0.25) is 9.69 Å². The van der Waals surface area contributed by atoms with Crippen LogP contribution in [-0.2, 0) is 4.79 Å². The van der Waals surface area contributed by atoms with Crippen molar-refractivity contribution in [2.45, 2.75) is 31.3 Å². The van der Waals surface area contributed by atoms with Crippen LogP contribution in [0, 0.1) is 0 Å². The molecule has 3 nitrogen and oxygen atoms in total. The Labute approximate surface area is 167 Å².